The highest BCUT2D eigenvalue weighted by Gasteiger charge is 2.38. The summed E-state index contributed by atoms with van der Waals surface area (Å²) in [7, 11) is -1.52. The molecular weight excluding hydrogens is 238 g/mol. The lowest BCUT2D eigenvalue weighted by atomic mass is 9.96. The maximum atomic E-state index is 11.9. The van der Waals surface area contributed by atoms with Gasteiger partial charge in [0, 0.05) is 18.9 Å². The maximum Gasteiger partial charge on any atom is 0.158 e. The van der Waals surface area contributed by atoms with E-state index in [0.717, 1.165) is 5.56 Å². The van der Waals surface area contributed by atoms with Crippen LogP contribution in [0.2, 0.25) is 0 Å². The molecule has 0 aliphatic heterocycles. The Bertz CT molecular complexity index is 527. The van der Waals surface area contributed by atoms with Crippen LogP contribution in [0.25, 0.3) is 0 Å². The van der Waals surface area contributed by atoms with Crippen LogP contribution in [0.3, 0.4) is 0 Å². The van der Waals surface area contributed by atoms with Gasteiger partial charge in [-0.25, -0.2) is 8.42 Å². The molecule has 0 spiro atoms. The number of aryl methyl sites for hydroxylation is 1. The van der Waals surface area contributed by atoms with Crippen molar-refractivity contribution in [1.82, 2.24) is 9.78 Å². The Morgan fingerprint density at radius 3 is 2.18 bits per heavy atom. The van der Waals surface area contributed by atoms with Gasteiger partial charge in [0.1, 0.15) is 10.6 Å². The number of hydrogen-bond acceptors (Lipinski definition) is 4. The van der Waals surface area contributed by atoms with E-state index in [0.29, 0.717) is 11.5 Å². The zero-order chi connectivity index (χ0) is 13.6. The first-order chi connectivity index (χ1) is 7.50. The Morgan fingerprint density at radius 2 is 1.82 bits per heavy atom. The zero-order valence-electron chi connectivity index (χ0n) is 11.3. The SMILES string of the molecule is CC(C)c1c(C(C)(C)S(C)(=O)=O)nn(C)c1N. The maximum absolute atomic E-state index is 11.9. The summed E-state index contributed by atoms with van der Waals surface area (Å²) in [5.41, 5.74) is 7.32. The Balaban J connectivity index is 3.58. The summed E-state index contributed by atoms with van der Waals surface area (Å²) in [6.07, 6.45) is 1.22. The van der Waals surface area contributed by atoms with Gasteiger partial charge < -0.3 is 5.73 Å². The van der Waals surface area contributed by atoms with Crippen LogP contribution in [0, 0.1) is 0 Å². The fraction of sp³-hybridized carbons (Fsp3) is 0.727. The van der Waals surface area contributed by atoms with Gasteiger partial charge in [-0.1, -0.05) is 13.8 Å². The highest BCUT2D eigenvalue weighted by molar-refractivity contribution is 7.91. The van der Waals surface area contributed by atoms with Crippen LogP contribution in [0.4, 0.5) is 5.82 Å². The van der Waals surface area contributed by atoms with Gasteiger partial charge in [0.2, 0.25) is 0 Å². The zero-order valence-corrected chi connectivity index (χ0v) is 12.1. The predicted molar refractivity (Wildman–Crippen MR) is 69.6 cm³/mol. The summed E-state index contributed by atoms with van der Waals surface area (Å²) in [4.78, 5) is 0. The van der Waals surface area contributed by atoms with Gasteiger partial charge in [-0.3, -0.25) is 4.68 Å². The Morgan fingerprint density at radius 1 is 1.35 bits per heavy atom. The second kappa shape index (κ2) is 4.01. The van der Waals surface area contributed by atoms with E-state index < -0.39 is 14.6 Å². The lowest BCUT2D eigenvalue weighted by molar-refractivity contribution is 0.550. The van der Waals surface area contributed by atoms with Crippen molar-refractivity contribution in [2.75, 3.05) is 12.0 Å². The molecule has 0 saturated heterocycles. The summed E-state index contributed by atoms with van der Waals surface area (Å²) in [6.45, 7) is 7.29. The molecule has 0 aromatic carbocycles. The number of hydrogen-bond donors (Lipinski definition) is 1. The topological polar surface area (TPSA) is 78.0 Å². The number of aromatic nitrogens is 2. The van der Waals surface area contributed by atoms with E-state index in [1.807, 2.05) is 13.8 Å². The molecule has 1 heterocycles. The van der Waals surface area contributed by atoms with Gasteiger partial charge in [0.05, 0.1) is 5.69 Å². The molecule has 1 aromatic heterocycles. The van der Waals surface area contributed by atoms with Crippen molar-refractivity contribution < 1.29 is 8.42 Å². The molecule has 5 nitrogen and oxygen atoms in total. The Labute approximate surface area is 103 Å². The van der Waals surface area contributed by atoms with Gasteiger partial charge in [-0.2, -0.15) is 5.10 Å². The molecule has 98 valence electrons. The third-order valence-electron chi connectivity index (χ3n) is 3.20. The van der Waals surface area contributed by atoms with Gasteiger partial charge in [0.25, 0.3) is 0 Å². The van der Waals surface area contributed by atoms with Crippen LogP contribution in [0.1, 0.15) is 44.9 Å². The van der Waals surface area contributed by atoms with Crippen molar-refractivity contribution in [3.63, 3.8) is 0 Å². The van der Waals surface area contributed by atoms with E-state index in [-0.39, 0.29) is 5.92 Å². The molecule has 0 aliphatic carbocycles. The van der Waals surface area contributed by atoms with Crippen LogP contribution in [0.5, 0.6) is 0 Å². The van der Waals surface area contributed by atoms with E-state index >= 15 is 0 Å². The fourth-order valence-corrected chi connectivity index (χ4v) is 2.24. The van der Waals surface area contributed by atoms with Crippen LogP contribution in [0.15, 0.2) is 0 Å². The summed E-state index contributed by atoms with van der Waals surface area (Å²) in [5, 5.41) is 4.28. The van der Waals surface area contributed by atoms with Crippen molar-refractivity contribution >= 4 is 15.7 Å². The van der Waals surface area contributed by atoms with Gasteiger partial charge >= 0.3 is 0 Å². The third kappa shape index (κ3) is 2.18. The van der Waals surface area contributed by atoms with Crippen molar-refractivity contribution in [2.24, 2.45) is 7.05 Å². The molecule has 0 bridgehead atoms. The van der Waals surface area contributed by atoms with Gasteiger partial charge in [-0.05, 0) is 19.8 Å². The number of sulfone groups is 1. The minimum Gasteiger partial charge on any atom is -0.384 e. The Hall–Kier alpha value is -1.04. The van der Waals surface area contributed by atoms with E-state index in [1.165, 1.54) is 10.9 Å². The standard InChI is InChI=1S/C11H21N3O2S/c1-7(2)8-9(13-14(5)10(8)12)11(3,4)17(6,15)16/h7H,12H2,1-6H3. The number of nitrogens with two attached hydrogens (primary N) is 1. The monoisotopic (exact) mass is 259 g/mol. The average molecular weight is 259 g/mol. The van der Waals surface area contributed by atoms with E-state index in [4.69, 9.17) is 5.73 Å². The van der Waals surface area contributed by atoms with Crippen molar-refractivity contribution in [3.05, 3.63) is 11.3 Å². The van der Waals surface area contributed by atoms with Crippen molar-refractivity contribution in [3.8, 4) is 0 Å². The lowest BCUT2D eigenvalue weighted by Gasteiger charge is -2.22. The average Bonchev–Trinajstić information content (AvgIpc) is 2.41. The number of nitrogen functional groups attached to an aromatic ring is 1. The quantitative estimate of drug-likeness (QED) is 0.890. The molecular formula is C11H21N3O2S. The molecule has 6 heteroatoms. The first-order valence-electron chi connectivity index (χ1n) is 5.52. The van der Waals surface area contributed by atoms with E-state index in [2.05, 4.69) is 5.10 Å². The normalized spacial score (nSPS) is 13.4. The molecule has 0 amide bonds. The molecule has 0 radical (unpaired) electrons. The lowest BCUT2D eigenvalue weighted by Crippen LogP contribution is -2.30. The second-order valence-corrected chi connectivity index (χ2v) is 7.77. The molecule has 1 aromatic rings. The number of nitrogens with zero attached hydrogens (tertiary/aromatic N) is 2. The number of anilines is 1. The second-order valence-electron chi connectivity index (χ2n) is 5.21. The number of rotatable bonds is 3. The highest BCUT2D eigenvalue weighted by Crippen LogP contribution is 2.36. The molecule has 0 aliphatic rings. The minimum absolute atomic E-state index is 0.139. The predicted octanol–water partition coefficient (Wildman–Crippen LogP) is 1.41. The van der Waals surface area contributed by atoms with Crippen molar-refractivity contribution in [2.45, 2.75) is 38.4 Å². The Kier molecular flexibility index (Phi) is 3.31. The third-order valence-corrected chi connectivity index (χ3v) is 5.25. The summed E-state index contributed by atoms with van der Waals surface area (Å²) in [5.74, 6) is 0.673. The molecule has 1 rings (SSSR count). The molecule has 17 heavy (non-hydrogen) atoms. The molecule has 0 fully saturated rings. The van der Waals surface area contributed by atoms with Crippen LogP contribution >= 0.6 is 0 Å². The van der Waals surface area contributed by atoms with Crippen LogP contribution in [-0.4, -0.2) is 24.5 Å². The van der Waals surface area contributed by atoms with E-state index in [1.54, 1.807) is 20.9 Å². The fourth-order valence-electron chi connectivity index (χ4n) is 1.74. The first kappa shape index (κ1) is 14.0. The summed E-state index contributed by atoms with van der Waals surface area (Å²) >= 11 is 0. The van der Waals surface area contributed by atoms with E-state index in [9.17, 15) is 8.42 Å². The largest absolute Gasteiger partial charge is 0.384 e. The van der Waals surface area contributed by atoms with Gasteiger partial charge in [0.15, 0.2) is 9.84 Å². The summed E-state index contributed by atoms with van der Waals surface area (Å²) in [6, 6.07) is 0. The molecule has 0 saturated carbocycles. The smallest absolute Gasteiger partial charge is 0.158 e. The van der Waals surface area contributed by atoms with Gasteiger partial charge in [-0.15, -0.1) is 0 Å². The molecule has 2 N–H and O–H groups in total. The van der Waals surface area contributed by atoms with Crippen molar-refractivity contribution in [1.29, 1.82) is 0 Å². The molecule has 0 unspecified atom stereocenters. The molecule has 0 atom stereocenters. The van der Waals surface area contributed by atoms with Crippen LogP contribution in [-0.2, 0) is 21.6 Å². The minimum atomic E-state index is -3.25. The first-order valence-corrected chi connectivity index (χ1v) is 7.41. The van der Waals surface area contributed by atoms with Crippen LogP contribution < -0.4 is 5.73 Å². The highest BCUT2D eigenvalue weighted by atomic mass is 32.2. The summed E-state index contributed by atoms with van der Waals surface area (Å²) < 4.78 is 24.2.